The van der Waals surface area contributed by atoms with E-state index >= 15 is 0 Å². The highest BCUT2D eigenvalue weighted by Gasteiger charge is 2.28. The van der Waals surface area contributed by atoms with Gasteiger partial charge in [-0.05, 0) is 19.0 Å². The molecule has 0 amide bonds. The number of nitrogens with two attached hydrogens (primary N) is 1. The molecule has 0 radical (unpaired) electrons. The average Bonchev–Trinajstić information content (AvgIpc) is 1.62. The van der Waals surface area contributed by atoms with Crippen LogP contribution in [0, 0.1) is 5.92 Å². The molecular formula is C6H17NOSi. The minimum absolute atomic E-state index is 0.0116. The van der Waals surface area contributed by atoms with Gasteiger partial charge in [0.1, 0.15) is 0 Å². The molecule has 0 aliphatic carbocycles. The molecule has 0 fully saturated rings. The first kappa shape index (κ1) is 9.14. The quantitative estimate of drug-likeness (QED) is 0.565. The molecule has 0 heterocycles. The van der Waals surface area contributed by atoms with Crippen LogP contribution in [0.25, 0.3) is 0 Å². The predicted molar refractivity (Wildman–Crippen MR) is 42.5 cm³/mol. The zero-order valence-electron chi connectivity index (χ0n) is 6.68. The van der Waals surface area contributed by atoms with Gasteiger partial charge in [0.25, 0.3) is 0 Å². The van der Waals surface area contributed by atoms with Crippen LogP contribution in [0.4, 0.5) is 0 Å². The van der Waals surface area contributed by atoms with Crippen molar-refractivity contribution in [2.75, 3.05) is 0 Å². The van der Waals surface area contributed by atoms with Gasteiger partial charge in [0.05, 0.1) is 0 Å². The lowest BCUT2D eigenvalue weighted by atomic mass is 10.2. The van der Waals surface area contributed by atoms with E-state index in [1.54, 1.807) is 0 Å². The van der Waals surface area contributed by atoms with Crippen LogP contribution < -0.4 is 5.73 Å². The molecule has 3 N–H and O–H groups in total. The smallest absolute Gasteiger partial charge is 0.199 e. The zero-order chi connectivity index (χ0) is 7.65. The third-order valence-corrected chi connectivity index (χ3v) is 3.83. The first-order chi connectivity index (χ1) is 3.85. The Morgan fingerprint density at radius 2 is 1.67 bits per heavy atom. The van der Waals surface area contributed by atoms with Gasteiger partial charge in [-0.25, -0.2) is 0 Å². The summed E-state index contributed by atoms with van der Waals surface area (Å²) in [6.45, 7) is 7.82. The second kappa shape index (κ2) is 2.81. The van der Waals surface area contributed by atoms with Crippen LogP contribution >= 0.6 is 0 Å². The highest BCUT2D eigenvalue weighted by Crippen LogP contribution is 2.09. The number of rotatable bonds is 2. The Labute approximate surface area is 58.2 Å². The molecule has 56 valence electrons. The van der Waals surface area contributed by atoms with Gasteiger partial charge >= 0.3 is 0 Å². The van der Waals surface area contributed by atoms with Crippen LogP contribution in [0.1, 0.15) is 13.8 Å². The molecule has 9 heavy (non-hydrogen) atoms. The fourth-order valence-electron chi connectivity index (χ4n) is 0.816. The van der Waals surface area contributed by atoms with Crippen LogP contribution in [0.2, 0.25) is 13.1 Å². The molecule has 2 nitrogen and oxygen atoms in total. The maximum Gasteiger partial charge on any atom is 0.199 e. The molecule has 0 saturated heterocycles. The first-order valence-electron chi connectivity index (χ1n) is 3.33. The Morgan fingerprint density at radius 3 is 1.67 bits per heavy atom. The van der Waals surface area contributed by atoms with Crippen LogP contribution in [-0.4, -0.2) is 18.8 Å². The summed E-state index contributed by atoms with van der Waals surface area (Å²) < 4.78 is 0. The number of hydrogen-bond acceptors (Lipinski definition) is 2. The van der Waals surface area contributed by atoms with Crippen molar-refractivity contribution in [2.45, 2.75) is 32.6 Å². The first-order valence-corrected chi connectivity index (χ1v) is 6.36. The summed E-state index contributed by atoms with van der Waals surface area (Å²) >= 11 is 0. The standard InChI is InChI=1S/C6H17NOSi/c1-5(2)6(7)9(3,4)8/h5-6,8H,7H2,1-4H3. The summed E-state index contributed by atoms with van der Waals surface area (Å²) in [5.41, 5.74) is 5.72. The largest absolute Gasteiger partial charge is 0.431 e. The molecule has 0 aromatic rings. The molecule has 0 aliphatic rings. The predicted octanol–water partition coefficient (Wildman–Crippen LogP) is 0.706. The fraction of sp³-hybridized carbons (Fsp3) is 1.00. The van der Waals surface area contributed by atoms with E-state index in [4.69, 9.17) is 5.73 Å². The molecule has 0 spiro atoms. The van der Waals surface area contributed by atoms with Crippen LogP contribution in [0.5, 0.6) is 0 Å². The maximum atomic E-state index is 9.47. The van der Waals surface area contributed by atoms with Gasteiger partial charge in [0, 0.05) is 5.67 Å². The third-order valence-electron chi connectivity index (χ3n) is 1.53. The summed E-state index contributed by atoms with van der Waals surface area (Å²) in [6, 6.07) is 0. The monoisotopic (exact) mass is 147 g/mol. The molecular weight excluding hydrogens is 130 g/mol. The van der Waals surface area contributed by atoms with Crippen molar-refractivity contribution in [1.82, 2.24) is 0 Å². The van der Waals surface area contributed by atoms with E-state index in [0.29, 0.717) is 5.92 Å². The lowest BCUT2D eigenvalue weighted by Gasteiger charge is -2.25. The third kappa shape index (κ3) is 2.98. The van der Waals surface area contributed by atoms with Crippen LogP contribution in [0.15, 0.2) is 0 Å². The van der Waals surface area contributed by atoms with Gasteiger partial charge in [0.15, 0.2) is 8.32 Å². The normalized spacial score (nSPS) is 16.3. The second-order valence-corrected chi connectivity index (χ2v) is 7.40. The van der Waals surface area contributed by atoms with Gasteiger partial charge in [-0.15, -0.1) is 0 Å². The Balaban J connectivity index is 3.88. The SMILES string of the molecule is CC(C)C(N)[Si](C)(C)O. The summed E-state index contributed by atoms with van der Waals surface area (Å²) in [7, 11) is -2.05. The molecule has 0 aliphatic heterocycles. The van der Waals surface area contributed by atoms with Crippen LogP contribution in [-0.2, 0) is 0 Å². The molecule has 0 aromatic heterocycles. The van der Waals surface area contributed by atoms with Gasteiger partial charge in [-0.1, -0.05) is 13.8 Å². The minimum atomic E-state index is -2.05. The van der Waals surface area contributed by atoms with E-state index < -0.39 is 8.32 Å². The van der Waals surface area contributed by atoms with Gasteiger partial charge < -0.3 is 10.5 Å². The van der Waals surface area contributed by atoms with E-state index in [2.05, 4.69) is 0 Å². The minimum Gasteiger partial charge on any atom is -0.431 e. The highest BCUT2D eigenvalue weighted by atomic mass is 28.4. The van der Waals surface area contributed by atoms with E-state index in [1.807, 2.05) is 26.9 Å². The molecule has 3 heteroatoms. The van der Waals surface area contributed by atoms with E-state index in [-0.39, 0.29) is 5.67 Å². The summed E-state index contributed by atoms with van der Waals surface area (Å²) in [4.78, 5) is 9.47. The molecule has 1 atom stereocenters. The zero-order valence-corrected chi connectivity index (χ0v) is 7.68. The Hall–Kier alpha value is 0.137. The molecule has 0 rings (SSSR count). The second-order valence-electron chi connectivity index (χ2n) is 3.42. The van der Waals surface area contributed by atoms with Crippen molar-refractivity contribution in [3.05, 3.63) is 0 Å². The van der Waals surface area contributed by atoms with Crippen molar-refractivity contribution < 1.29 is 4.80 Å². The van der Waals surface area contributed by atoms with Crippen molar-refractivity contribution in [1.29, 1.82) is 0 Å². The lowest BCUT2D eigenvalue weighted by molar-refractivity contribution is 0.477. The molecule has 1 unspecified atom stereocenters. The fourth-order valence-corrected chi connectivity index (χ4v) is 2.45. The van der Waals surface area contributed by atoms with Crippen molar-refractivity contribution in [3.63, 3.8) is 0 Å². The average molecular weight is 147 g/mol. The van der Waals surface area contributed by atoms with Gasteiger partial charge in [0.2, 0.25) is 0 Å². The van der Waals surface area contributed by atoms with E-state index in [9.17, 15) is 4.80 Å². The molecule has 0 saturated carbocycles. The van der Waals surface area contributed by atoms with E-state index in [0.717, 1.165) is 0 Å². The van der Waals surface area contributed by atoms with Crippen LogP contribution in [0.3, 0.4) is 0 Å². The topological polar surface area (TPSA) is 46.2 Å². The summed E-state index contributed by atoms with van der Waals surface area (Å²) in [5, 5.41) is 0. The molecule has 0 aromatic carbocycles. The Bertz CT molecular complexity index is 87.5. The summed E-state index contributed by atoms with van der Waals surface area (Å²) in [5.74, 6) is 0.400. The van der Waals surface area contributed by atoms with Gasteiger partial charge in [-0.2, -0.15) is 0 Å². The number of hydrogen-bond donors (Lipinski definition) is 2. The summed E-state index contributed by atoms with van der Waals surface area (Å²) in [6.07, 6.45) is 0. The van der Waals surface area contributed by atoms with E-state index in [1.165, 1.54) is 0 Å². The molecule has 0 bridgehead atoms. The van der Waals surface area contributed by atoms with Crippen molar-refractivity contribution >= 4 is 8.32 Å². The Kier molecular flexibility index (Phi) is 2.86. The van der Waals surface area contributed by atoms with Gasteiger partial charge in [-0.3, -0.25) is 0 Å². The van der Waals surface area contributed by atoms with Crippen molar-refractivity contribution in [3.8, 4) is 0 Å². The highest BCUT2D eigenvalue weighted by molar-refractivity contribution is 6.71. The van der Waals surface area contributed by atoms with Crippen molar-refractivity contribution in [2.24, 2.45) is 11.7 Å². The Morgan fingerprint density at radius 1 is 1.33 bits per heavy atom. The maximum absolute atomic E-state index is 9.47. The lowest BCUT2D eigenvalue weighted by Crippen LogP contribution is -2.51.